The summed E-state index contributed by atoms with van der Waals surface area (Å²) < 4.78 is 1.77. The zero-order valence-electron chi connectivity index (χ0n) is 12.6. The number of anilines is 1. The topological polar surface area (TPSA) is 46.0 Å². The monoisotopic (exact) mass is 285 g/mol. The Morgan fingerprint density at radius 3 is 2.95 bits per heavy atom. The fourth-order valence-corrected chi connectivity index (χ4v) is 2.86. The van der Waals surface area contributed by atoms with Gasteiger partial charge in [-0.15, -0.1) is 0 Å². The molecule has 1 N–H and O–H groups in total. The molecule has 1 aliphatic rings. The molecular weight excluding hydrogens is 262 g/mol. The molecule has 0 bridgehead atoms. The molecule has 3 heterocycles. The second kappa shape index (κ2) is 6.72. The van der Waals surface area contributed by atoms with Gasteiger partial charge in [-0.3, -0.25) is 0 Å². The predicted octanol–water partition coefficient (Wildman–Crippen LogP) is 2.55. The zero-order valence-corrected chi connectivity index (χ0v) is 12.6. The number of nitrogens with zero attached hydrogens (tertiary/aromatic N) is 4. The number of pyridine rings is 1. The first-order valence-corrected chi connectivity index (χ1v) is 7.80. The summed E-state index contributed by atoms with van der Waals surface area (Å²) >= 11 is 0. The second-order valence-electron chi connectivity index (χ2n) is 5.56. The van der Waals surface area contributed by atoms with Crippen LogP contribution in [0.15, 0.2) is 36.8 Å². The average Bonchev–Trinajstić information content (AvgIpc) is 2.96. The first kappa shape index (κ1) is 14.1. The van der Waals surface area contributed by atoms with Gasteiger partial charge in [-0.25, -0.2) is 9.67 Å². The first-order chi connectivity index (χ1) is 10.3. The van der Waals surface area contributed by atoms with Crippen LogP contribution in [0.5, 0.6) is 0 Å². The summed E-state index contributed by atoms with van der Waals surface area (Å²) in [6, 6.07) is 6.55. The van der Waals surface area contributed by atoms with Crippen LogP contribution in [0, 0.1) is 0 Å². The summed E-state index contributed by atoms with van der Waals surface area (Å²) in [5.74, 6) is 0.851. The van der Waals surface area contributed by atoms with Gasteiger partial charge in [-0.1, -0.05) is 6.92 Å². The Balaban J connectivity index is 1.60. The van der Waals surface area contributed by atoms with E-state index in [0.29, 0.717) is 6.04 Å². The summed E-state index contributed by atoms with van der Waals surface area (Å²) in [6.45, 7) is 5.82. The molecule has 1 saturated heterocycles. The van der Waals surface area contributed by atoms with Crippen LogP contribution in [0.3, 0.4) is 0 Å². The molecule has 1 atom stereocenters. The maximum atomic E-state index is 4.47. The molecule has 112 valence electrons. The molecule has 0 saturated carbocycles. The molecule has 0 spiro atoms. The summed E-state index contributed by atoms with van der Waals surface area (Å²) in [4.78, 5) is 7.00. The Kier molecular flexibility index (Phi) is 4.50. The standard InChI is InChI=1S/C16H23N5/c1-2-20-10-3-5-14(8-12-20)19-15-6-7-16(17-13-15)21-11-4-9-18-21/h4,6-7,9,11,13-14,19H,2-3,5,8,10,12H2,1H3. The minimum absolute atomic E-state index is 0.555. The molecule has 21 heavy (non-hydrogen) atoms. The van der Waals surface area contributed by atoms with Crippen LogP contribution in [0.1, 0.15) is 26.2 Å². The van der Waals surface area contributed by atoms with Gasteiger partial charge in [0.25, 0.3) is 0 Å². The summed E-state index contributed by atoms with van der Waals surface area (Å²) in [7, 11) is 0. The van der Waals surface area contributed by atoms with E-state index in [1.54, 1.807) is 10.9 Å². The van der Waals surface area contributed by atoms with E-state index in [-0.39, 0.29) is 0 Å². The minimum atomic E-state index is 0.555. The van der Waals surface area contributed by atoms with Crippen molar-refractivity contribution in [3.8, 4) is 5.82 Å². The number of nitrogens with one attached hydrogen (secondary N) is 1. The van der Waals surface area contributed by atoms with Crippen molar-refractivity contribution in [1.82, 2.24) is 19.7 Å². The minimum Gasteiger partial charge on any atom is -0.381 e. The lowest BCUT2D eigenvalue weighted by Gasteiger charge is -2.19. The van der Waals surface area contributed by atoms with Gasteiger partial charge in [-0.05, 0) is 50.6 Å². The Labute approximate surface area is 126 Å². The molecule has 0 aliphatic carbocycles. The lowest BCUT2D eigenvalue weighted by molar-refractivity contribution is 0.300. The SMILES string of the molecule is CCN1CCCC(Nc2ccc(-n3cccn3)nc2)CC1. The van der Waals surface area contributed by atoms with E-state index in [2.05, 4.69) is 33.3 Å². The lowest BCUT2D eigenvalue weighted by atomic mass is 10.1. The number of hydrogen-bond acceptors (Lipinski definition) is 4. The third kappa shape index (κ3) is 3.61. The van der Waals surface area contributed by atoms with Gasteiger partial charge in [0.1, 0.15) is 0 Å². The van der Waals surface area contributed by atoms with Crippen molar-refractivity contribution in [3.05, 3.63) is 36.8 Å². The van der Waals surface area contributed by atoms with E-state index >= 15 is 0 Å². The van der Waals surface area contributed by atoms with Gasteiger partial charge in [0.15, 0.2) is 5.82 Å². The zero-order chi connectivity index (χ0) is 14.5. The van der Waals surface area contributed by atoms with E-state index in [4.69, 9.17) is 0 Å². The fourth-order valence-electron chi connectivity index (χ4n) is 2.86. The highest BCUT2D eigenvalue weighted by atomic mass is 15.3. The number of likely N-dealkylation sites (tertiary alicyclic amines) is 1. The summed E-state index contributed by atoms with van der Waals surface area (Å²) in [5, 5.41) is 7.81. The molecule has 3 rings (SSSR count). The van der Waals surface area contributed by atoms with Crippen LogP contribution in [-0.2, 0) is 0 Å². The second-order valence-corrected chi connectivity index (χ2v) is 5.56. The molecule has 0 aromatic carbocycles. The van der Waals surface area contributed by atoms with E-state index < -0.39 is 0 Å². The van der Waals surface area contributed by atoms with Crippen molar-refractivity contribution in [2.75, 3.05) is 25.0 Å². The first-order valence-electron chi connectivity index (χ1n) is 7.80. The van der Waals surface area contributed by atoms with Crippen LogP contribution in [0.25, 0.3) is 5.82 Å². The van der Waals surface area contributed by atoms with Crippen molar-refractivity contribution >= 4 is 5.69 Å². The Hall–Kier alpha value is -1.88. The van der Waals surface area contributed by atoms with Crippen LogP contribution in [0.2, 0.25) is 0 Å². The molecule has 0 radical (unpaired) electrons. The molecule has 5 nitrogen and oxygen atoms in total. The van der Waals surface area contributed by atoms with E-state index in [1.807, 2.05) is 24.5 Å². The molecule has 1 aliphatic heterocycles. The van der Waals surface area contributed by atoms with E-state index in [1.165, 1.54) is 32.4 Å². The highest BCUT2D eigenvalue weighted by Gasteiger charge is 2.15. The molecule has 2 aromatic rings. The molecule has 1 fully saturated rings. The molecule has 2 aromatic heterocycles. The Morgan fingerprint density at radius 2 is 2.24 bits per heavy atom. The van der Waals surface area contributed by atoms with E-state index in [0.717, 1.165) is 18.1 Å². The maximum Gasteiger partial charge on any atom is 0.153 e. The Morgan fingerprint density at radius 1 is 1.29 bits per heavy atom. The van der Waals surface area contributed by atoms with Crippen LogP contribution < -0.4 is 5.32 Å². The van der Waals surface area contributed by atoms with Gasteiger partial charge in [0.2, 0.25) is 0 Å². The van der Waals surface area contributed by atoms with Crippen molar-refractivity contribution in [2.24, 2.45) is 0 Å². The molecule has 5 heteroatoms. The largest absolute Gasteiger partial charge is 0.381 e. The number of hydrogen-bond donors (Lipinski definition) is 1. The number of aromatic nitrogens is 3. The number of rotatable bonds is 4. The normalized spacial score (nSPS) is 20.1. The van der Waals surface area contributed by atoms with Crippen LogP contribution >= 0.6 is 0 Å². The Bertz CT molecular complexity index is 534. The van der Waals surface area contributed by atoms with Gasteiger partial charge in [0.05, 0.1) is 11.9 Å². The van der Waals surface area contributed by atoms with Gasteiger partial charge >= 0.3 is 0 Å². The molecule has 1 unspecified atom stereocenters. The van der Waals surface area contributed by atoms with Gasteiger partial charge in [-0.2, -0.15) is 5.10 Å². The average molecular weight is 285 g/mol. The smallest absolute Gasteiger partial charge is 0.153 e. The van der Waals surface area contributed by atoms with Crippen molar-refractivity contribution in [2.45, 2.75) is 32.2 Å². The van der Waals surface area contributed by atoms with Crippen LogP contribution in [0.4, 0.5) is 5.69 Å². The van der Waals surface area contributed by atoms with Crippen molar-refractivity contribution in [1.29, 1.82) is 0 Å². The van der Waals surface area contributed by atoms with Crippen LogP contribution in [-0.4, -0.2) is 45.3 Å². The van der Waals surface area contributed by atoms with Crippen molar-refractivity contribution in [3.63, 3.8) is 0 Å². The molecular formula is C16H23N5. The lowest BCUT2D eigenvalue weighted by Crippen LogP contribution is -2.26. The predicted molar refractivity (Wildman–Crippen MR) is 84.7 cm³/mol. The molecule has 0 amide bonds. The quantitative estimate of drug-likeness (QED) is 0.938. The summed E-state index contributed by atoms with van der Waals surface area (Å²) in [6.07, 6.45) is 9.27. The summed E-state index contributed by atoms with van der Waals surface area (Å²) in [5.41, 5.74) is 1.10. The third-order valence-corrected chi connectivity index (χ3v) is 4.13. The van der Waals surface area contributed by atoms with E-state index in [9.17, 15) is 0 Å². The third-order valence-electron chi connectivity index (χ3n) is 4.13. The highest BCUT2D eigenvalue weighted by molar-refractivity contribution is 5.44. The fraction of sp³-hybridized carbons (Fsp3) is 0.500. The maximum absolute atomic E-state index is 4.47. The van der Waals surface area contributed by atoms with Gasteiger partial charge < -0.3 is 10.2 Å². The van der Waals surface area contributed by atoms with Gasteiger partial charge in [0, 0.05) is 25.0 Å². The van der Waals surface area contributed by atoms with Crippen molar-refractivity contribution < 1.29 is 0 Å². The highest BCUT2D eigenvalue weighted by Crippen LogP contribution is 2.17.